The third-order valence-corrected chi connectivity index (χ3v) is 3.22. The second kappa shape index (κ2) is 7.73. The average Bonchev–Trinajstić information content (AvgIpc) is 2.20. The second-order valence-corrected chi connectivity index (χ2v) is 5.96. The number of hydrogen-bond acceptors (Lipinski definition) is 5. The monoisotopic (exact) mass is 286 g/mol. The van der Waals surface area contributed by atoms with E-state index in [-0.39, 0.29) is 19.4 Å². The molecule has 0 aliphatic rings. The summed E-state index contributed by atoms with van der Waals surface area (Å²) in [6.45, 7) is -1.68. The molecule has 1 unspecified atom stereocenters. The van der Waals surface area contributed by atoms with Gasteiger partial charge in [0.05, 0.1) is 6.61 Å². The van der Waals surface area contributed by atoms with Crippen molar-refractivity contribution < 1.29 is 33.7 Å². The lowest BCUT2D eigenvalue weighted by Gasteiger charge is -2.19. The fourth-order valence-corrected chi connectivity index (χ4v) is 2.40. The minimum atomic E-state index is -3.62. The average molecular weight is 286 g/mol. The minimum absolute atomic E-state index is 0.152. The molecule has 0 fully saturated rings. The van der Waals surface area contributed by atoms with Crippen molar-refractivity contribution >= 4 is 30.5 Å². The molecule has 0 saturated carbocycles. The summed E-state index contributed by atoms with van der Waals surface area (Å²) < 4.78 is 9.56. The third-order valence-electron chi connectivity index (χ3n) is 1.61. The summed E-state index contributed by atoms with van der Waals surface area (Å²) in [7, 11) is 0. The van der Waals surface area contributed by atoms with Crippen molar-refractivity contribution in [3.05, 3.63) is 0 Å². The Balaban J connectivity index is 4.37. The van der Waals surface area contributed by atoms with Crippen LogP contribution in [0.2, 0.25) is 0 Å². The van der Waals surface area contributed by atoms with Crippen LogP contribution in [-0.2, 0) is 30.4 Å². The van der Waals surface area contributed by atoms with Gasteiger partial charge in [-0.1, -0.05) is 6.92 Å². The molecule has 0 aromatic carbocycles. The second-order valence-electron chi connectivity index (χ2n) is 3.17. The van der Waals surface area contributed by atoms with E-state index in [0.29, 0.717) is 6.42 Å². The van der Waals surface area contributed by atoms with Crippen LogP contribution >= 0.6 is 6.72 Å². The summed E-state index contributed by atoms with van der Waals surface area (Å²) >= 11 is 4.60. The van der Waals surface area contributed by atoms with Crippen molar-refractivity contribution in [3.63, 3.8) is 0 Å². The molecule has 0 saturated heterocycles. The molecule has 0 heterocycles. The van der Waals surface area contributed by atoms with Gasteiger partial charge in [-0.15, -0.1) is 0 Å². The number of carboxylic acids is 2. The molecule has 0 rings (SSSR count). The van der Waals surface area contributed by atoms with E-state index in [1.807, 2.05) is 0 Å². The van der Waals surface area contributed by atoms with Crippen LogP contribution in [0.15, 0.2) is 0 Å². The Labute approximate surface area is 104 Å². The first kappa shape index (κ1) is 16.5. The van der Waals surface area contributed by atoms with Gasteiger partial charge >= 0.3 is 18.7 Å². The molecule has 0 amide bonds. The summed E-state index contributed by atoms with van der Waals surface area (Å²) in [6.07, 6.45) is -1.55. The van der Waals surface area contributed by atoms with Gasteiger partial charge in [0, 0.05) is 6.42 Å². The lowest BCUT2D eigenvalue weighted by molar-refractivity contribution is -0.146. The molecule has 0 radical (unpaired) electrons. The van der Waals surface area contributed by atoms with Gasteiger partial charge in [-0.05, 0) is 24.6 Å². The molecular weight excluding hydrogens is 271 g/mol. The number of hydrogen-bond donors (Lipinski definition) is 3. The number of carboxylic acid groups (broad SMARTS) is 2. The molecule has 0 aromatic heterocycles. The van der Waals surface area contributed by atoms with E-state index in [0.717, 1.165) is 0 Å². The lowest BCUT2D eigenvalue weighted by atomic mass is 10.2. The molecule has 0 aliphatic carbocycles. The fourth-order valence-electron chi connectivity index (χ4n) is 0.874. The van der Waals surface area contributed by atoms with E-state index in [1.165, 1.54) is 0 Å². The zero-order valence-corrected chi connectivity index (χ0v) is 10.9. The van der Waals surface area contributed by atoms with Crippen LogP contribution in [-0.4, -0.2) is 39.8 Å². The SMILES string of the molecule is CCCOP(O)(=S)O[C@@H](CCC(=O)O)C(=O)O. The van der Waals surface area contributed by atoms with Crippen LogP contribution < -0.4 is 0 Å². The zero-order chi connectivity index (χ0) is 13.5. The maximum Gasteiger partial charge on any atom is 0.333 e. The summed E-state index contributed by atoms with van der Waals surface area (Å²) in [5, 5.41) is 17.2. The maximum absolute atomic E-state index is 10.8. The highest BCUT2D eigenvalue weighted by atomic mass is 32.5. The Morgan fingerprint density at radius 3 is 2.41 bits per heavy atom. The molecule has 2 atom stereocenters. The molecule has 7 nitrogen and oxygen atoms in total. The minimum Gasteiger partial charge on any atom is -0.481 e. The first-order chi connectivity index (χ1) is 7.78. The van der Waals surface area contributed by atoms with Gasteiger partial charge in [0.2, 0.25) is 0 Å². The Hall–Kier alpha value is -0.530. The van der Waals surface area contributed by atoms with Gasteiger partial charge in [-0.3, -0.25) is 9.32 Å². The largest absolute Gasteiger partial charge is 0.481 e. The van der Waals surface area contributed by atoms with Crippen molar-refractivity contribution in [1.82, 2.24) is 0 Å². The van der Waals surface area contributed by atoms with E-state index in [4.69, 9.17) is 19.3 Å². The molecule has 0 aromatic rings. The number of carbonyl (C=O) groups is 2. The quantitative estimate of drug-likeness (QED) is 0.537. The van der Waals surface area contributed by atoms with Crippen molar-refractivity contribution in [2.45, 2.75) is 32.3 Å². The van der Waals surface area contributed by atoms with E-state index in [2.05, 4.69) is 11.8 Å². The summed E-state index contributed by atoms with van der Waals surface area (Å²) in [5.74, 6) is -2.53. The normalized spacial score (nSPS) is 16.1. The molecule has 0 bridgehead atoms. The van der Waals surface area contributed by atoms with Crippen molar-refractivity contribution in [3.8, 4) is 0 Å². The van der Waals surface area contributed by atoms with Gasteiger partial charge < -0.3 is 19.6 Å². The van der Waals surface area contributed by atoms with E-state index in [9.17, 15) is 14.5 Å². The summed E-state index contributed by atoms with van der Waals surface area (Å²) in [6, 6.07) is 0. The third kappa shape index (κ3) is 8.23. The Morgan fingerprint density at radius 1 is 1.41 bits per heavy atom. The molecule has 0 spiro atoms. The molecule has 100 valence electrons. The van der Waals surface area contributed by atoms with E-state index < -0.39 is 24.8 Å². The van der Waals surface area contributed by atoms with E-state index >= 15 is 0 Å². The van der Waals surface area contributed by atoms with Crippen LogP contribution in [0.5, 0.6) is 0 Å². The van der Waals surface area contributed by atoms with Gasteiger partial charge in [0.15, 0.2) is 6.10 Å². The Morgan fingerprint density at radius 2 is 2.00 bits per heavy atom. The number of rotatable bonds is 9. The van der Waals surface area contributed by atoms with Crippen LogP contribution in [0.1, 0.15) is 26.2 Å². The van der Waals surface area contributed by atoms with E-state index in [1.54, 1.807) is 6.92 Å². The molecule has 3 N–H and O–H groups in total. The highest BCUT2D eigenvalue weighted by Gasteiger charge is 2.27. The van der Waals surface area contributed by atoms with Crippen LogP contribution in [0.3, 0.4) is 0 Å². The highest BCUT2D eigenvalue weighted by Crippen LogP contribution is 2.45. The van der Waals surface area contributed by atoms with Gasteiger partial charge in [-0.25, -0.2) is 4.79 Å². The van der Waals surface area contributed by atoms with Gasteiger partial charge in [-0.2, -0.15) is 0 Å². The topological polar surface area (TPSA) is 113 Å². The first-order valence-corrected chi connectivity index (χ1v) is 7.48. The van der Waals surface area contributed by atoms with Gasteiger partial charge in [0.1, 0.15) is 0 Å². The standard InChI is InChI=1S/C8H15O7PS/c1-2-5-14-16(13,17)15-6(8(11)12)3-4-7(9)10/h6H,2-5H2,1H3,(H,9,10)(H,11,12)(H,13,17)/t6-,16?/m0/s1. The lowest BCUT2D eigenvalue weighted by Crippen LogP contribution is -2.24. The fraction of sp³-hybridized carbons (Fsp3) is 0.750. The molecular formula is C8H15O7PS. The zero-order valence-electron chi connectivity index (χ0n) is 9.24. The van der Waals surface area contributed by atoms with Gasteiger partial charge in [0.25, 0.3) is 0 Å². The number of aliphatic carboxylic acids is 2. The molecule has 17 heavy (non-hydrogen) atoms. The Kier molecular flexibility index (Phi) is 7.49. The van der Waals surface area contributed by atoms with Crippen LogP contribution in [0.4, 0.5) is 0 Å². The first-order valence-electron chi connectivity index (χ1n) is 4.89. The summed E-state index contributed by atoms with van der Waals surface area (Å²) in [4.78, 5) is 30.6. The van der Waals surface area contributed by atoms with Crippen molar-refractivity contribution in [2.75, 3.05) is 6.61 Å². The predicted octanol–water partition coefficient (Wildman–Crippen LogP) is 0.964. The summed E-state index contributed by atoms with van der Waals surface area (Å²) in [5.41, 5.74) is 0. The maximum atomic E-state index is 10.8. The van der Waals surface area contributed by atoms with Crippen molar-refractivity contribution in [2.24, 2.45) is 0 Å². The van der Waals surface area contributed by atoms with Crippen molar-refractivity contribution in [1.29, 1.82) is 0 Å². The predicted molar refractivity (Wildman–Crippen MR) is 62.1 cm³/mol. The highest BCUT2D eigenvalue weighted by molar-refractivity contribution is 8.07. The van der Waals surface area contributed by atoms with Crippen LogP contribution in [0, 0.1) is 0 Å². The molecule has 9 heteroatoms. The smallest absolute Gasteiger partial charge is 0.333 e. The van der Waals surface area contributed by atoms with Crippen LogP contribution in [0.25, 0.3) is 0 Å². The molecule has 0 aliphatic heterocycles. The Bertz CT molecular complexity index is 319.